The van der Waals surface area contributed by atoms with Gasteiger partial charge in [0, 0.05) is 10.0 Å². The van der Waals surface area contributed by atoms with Crippen molar-refractivity contribution >= 4 is 45.3 Å². The first-order valence-electron chi connectivity index (χ1n) is 8.66. The van der Waals surface area contributed by atoms with E-state index >= 15 is 0 Å². The lowest BCUT2D eigenvalue weighted by molar-refractivity contribution is -0.147. The molecule has 0 aliphatic rings. The first-order chi connectivity index (χ1) is 13.8. The van der Waals surface area contributed by atoms with Crippen LogP contribution in [-0.4, -0.2) is 43.4 Å². The van der Waals surface area contributed by atoms with Gasteiger partial charge in [-0.1, -0.05) is 29.8 Å². The average Bonchev–Trinajstić information content (AvgIpc) is 2.70. The van der Waals surface area contributed by atoms with E-state index < -0.39 is 30.3 Å². The van der Waals surface area contributed by atoms with Crippen LogP contribution in [0.4, 0.5) is 5.69 Å². The van der Waals surface area contributed by atoms with Gasteiger partial charge in [-0.2, -0.15) is 0 Å². The molecule has 0 atom stereocenters. The molecule has 2 aromatic carbocycles. The van der Waals surface area contributed by atoms with E-state index in [9.17, 15) is 19.2 Å². The number of aryl methyl sites for hydroxylation is 1. The summed E-state index contributed by atoms with van der Waals surface area (Å²) in [6, 6.07) is 13.9. The lowest BCUT2D eigenvalue weighted by atomic mass is 10.1. The fourth-order valence-electron chi connectivity index (χ4n) is 2.22. The molecule has 152 valence electrons. The van der Waals surface area contributed by atoms with Crippen LogP contribution >= 0.6 is 15.9 Å². The summed E-state index contributed by atoms with van der Waals surface area (Å²) in [5, 5.41) is 7.39. The highest BCUT2D eigenvalue weighted by atomic mass is 79.9. The van der Waals surface area contributed by atoms with Gasteiger partial charge in [0.25, 0.3) is 11.8 Å². The summed E-state index contributed by atoms with van der Waals surface area (Å²) in [5.41, 5.74) is 1.91. The summed E-state index contributed by atoms with van der Waals surface area (Å²) >= 11 is 3.30. The molecule has 0 unspecified atom stereocenters. The molecule has 29 heavy (non-hydrogen) atoms. The second kappa shape index (κ2) is 11.0. The van der Waals surface area contributed by atoms with E-state index in [4.69, 9.17) is 4.74 Å². The molecule has 0 aliphatic carbocycles. The molecule has 2 aromatic rings. The summed E-state index contributed by atoms with van der Waals surface area (Å²) in [6.45, 7) is 0.647. The zero-order valence-electron chi connectivity index (χ0n) is 15.7. The Kier molecular flexibility index (Phi) is 8.35. The number of ether oxygens (including phenoxy) is 1. The summed E-state index contributed by atoms with van der Waals surface area (Å²) < 4.78 is 5.49. The number of amides is 3. The molecule has 0 heterocycles. The fourth-order valence-corrected chi connectivity index (χ4v) is 2.61. The Morgan fingerprint density at radius 3 is 2.41 bits per heavy atom. The van der Waals surface area contributed by atoms with Crippen LogP contribution < -0.4 is 16.0 Å². The van der Waals surface area contributed by atoms with Gasteiger partial charge in [-0.25, -0.2) is 0 Å². The number of benzene rings is 2. The van der Waals surface area contributed by atoms with E-state index in [1.165, 1.54) is 0 Å². The average molecular weight is 462 g/mol. The third kappa shape index (κ3) is 7.74. The Bertz CT molecular complexity index is 916. The number of hydrogen-bond donors (Lipinski definition) is 3. The molecule has 3 N–H and O–H groups in total. The quantitative estimate of drug-likeness (QED) is 0.518. The van der Waals surface area contributed by atoms with Gasteiger partial charge in [-0.15, -0.1) is 0 Å². The normalized spacial score (nSPS) is 10.0. The summed E-state index contributed by atoms with van der Waals surface area (Å²) in [4.78, 5) is 47.2. The lowest BCUT2D eigenvalue weighted by Crippen LogP contribution is -2.37. The smallest absolute Gasteiger partial charge is 0.325 e. The number of rotatable bonds is 8. The molecule has 0 aliphatic heterocycles. The Hall–Kier alpha value is -3.20. The van der Waals surface area contributed by atoms with Gasteiger partial charge >= 0.3 is 5.97 Å². The number of carbonyl (C=O) groups is 4. The molecule has 0 bridgehead atoms. The van der Waals surface area contributed by atoms with E-state index in [0.29, 0.717) is 15.7 Å². The first-order valence-corrected chi connectivity index (χ1v) is 9.46. The topological polar surface area (TPSA) is 114 Å². The van der Waals surface area contributed by atoms with Gasteiger partial charge in [0.2, 0.25) is 5.91 Å². The molecular weight excluding hydrogens is 442 g/mol. The van der Waals surface area contributed by atoms with Crippen molar-refractivity contribution in [3.63, 3.8) is 0 Å². The number of hydrogen-bond acceptors (Lipinski definition) is 5. The van der Waals surface area contributed by atoms with Crippen molar-refractivity contribution < 1.29 is 23.9 Å². The second-order valence-electron chi connectivity index (χ2n) is 6.02. The van der Waals surface area contributed by atoms with Gasteiger partial charge in [-0.3, -0.25) is 19.2 Å². The SMILES string of the molecule is Cc1cccc(C(=O)NCC(=O)OCC(=O)NCC(=O)Nc2ccccc2Br)c1. The Morgan fingerprint density at radius 2 is 1.69 bits per heavy atom. The maximum absolute atomic E-state index is 11.9. The highest BCUT2D eigenvalue weighted by molar-refractivity contribution is 9.10. The highest BCUT2D eigenvalue weighted by Crippen LogP contribution is 2.20. The second-order valence-corrected chi connectivity index (χ2v) is 6.87. The molecule has 3 amide bonds. The van der Waals surface area contributed by atoms with Gasteiger partial charge in [0.1, 0.15) is 6.54 Å². The van der Waals surface area contributed by atoms with Crippen LogP contribution in [0.3, 0.4) is 0 Å². The van der Waals surface area contributed by atoms with Gasteiger partial charge in [-0.05, 0) is 47.1 Å². The predicted molar refractivity (Wildman–Crippen MR) is 110 cm³/mol. The number of halogens is 1. The molecule has 0 saturated carbocycles. The molecule has 9 heteroatoms. The Labute approximate surface area is 176 Å². The van der Waals surface area contributed by atoms with E-state index in [-0.39, 0.29) is 13.1 Å². The third-order valence-electron chi connectivity index (χ3n) is 3.63. The predicted octanol–water partition coefficient (Wildman–Crippen LogP) is 1.79. The number of esters is 1. The minimum atomic E-state index is -0.765. The molecule has 8 nitrogen and oxygen atoms in total. The van der Waals surface area contributed by atoms with E-state index in [1.54, 1.807) is 42.5 Å². The number of anilines is 1. The first kappa shape index (κ1) is 22.1. The zero-order chi connectivity index (χ0) is 21.2. The molecule has 0 aromatic heterocycles. The van der Waals surface area contributed by atoms with Crippen LogP contribution in [0.5, 0.6) is 0 Å². The summed E-state index contributed by atoms with van der Waals surface area (Å²) in [5.74, 6) is -2.25. The standard InChI is InChI=1S/C20H20BrN3O5/c1-13-5-4-6-14(9-13)20(28)23-11-19(27)29-12-18(26)22-10-17(25)24-16-8-3-2-7-15(16)21/h2-9H,10-12H2,1H3,(H,22,26)(H,23,28)(H,24,25). The van der Waals surface area contributed by atoms with E-state index in [1.807, 2.05) is 13.0 Å². The van der Waals surface area contributed by atoms with Crippen LogP contribution in [0.15, 0.2) is 53.0 Å². The minimum Gasteiger partial charge on any atom is -0.454 e. The van der Waals surface area contributed by atoms with Crippen LogP contribution in [0, 0.1) is 6.92 Å². The van der Waals surface area contributed by atoms with Crippen LogP contribution in [0.25, 0.3) is 0 Å². The molecule has 0 saturated heterocycles. The highest BCUT2D eigenvalue weighted by Gasteiger charge is 2.12. The van der Waals surface area contributed by atoms with Crippen molar-refractivity contribution in [3.8, 4) is 0 Å². The van der Waals surface area contributed by atoms with Gasteiger partial charge in [0.05, 0.1) is 12.2 Å². The monoisotopic (exact) mass is 461 g/mol. The third-order valence-corrected chi connectivity index (χ3v) is 4.32. The zero-order valence-corrected chi connectivity index (χ0v) is 17.2. The summed E-state index contributed by atoms with van der Waals surface area (Å²) in [7, 11) is 0. The molecule has 2 rings (SSSR count). The van der Waals surface area contributed by atoms with Crippen LogP contribution in [-0.2, 0) is 19.1 Å². The Balaban J connectivity index is 1.65. The fraction of sp³-hybridized carbons (Fsp3) is 0.200. The molecule has 0 fully saturated rings. The molecular formula is C20H20BrN3O5. The Morgan fingerprint density at radius 1 is 0.931 bits per heavy atom. The van der Waals surface area contributed by atoms with Crippen molar-refractivity contribution in [3.05, 3.63) is 64.1 Å². The van der Waals surface area contributed by atoms with Gasteiger partial charge < -0.3 is 20.7 Å². The molecule has 0 spiro atoms. The number of nitrogens with one attached hydrogen (secondary N) is 3. The van der Waals surface area contributed by atoms with Gasteiger partial charge in [0.15, 0.2) is 6.61 Å². The van der Waals surface area contributed by atoms with Crippen molar-refractivity contribution in [1.29, 1.82) is 0 Å². The van der Waals surface area contributed by atoms with Crippen LogP contribution in [0.2, 0.25) is 0 Å². The number of carbonyl (C=O) groups excluding carboxylic acids is 4. The van der Waals surface area contributed by atoms with Crippen molar-refractivity contribution in [2.24, 2.45) is 0 Å². The van der Waals surface area contributed by atoms with Crippen molar-refractivity contribution in [2.75, 3.05) is 25.0 Å². The number of para-hydroxylation sites is 1. The largest absolute Gasteiger partial charge is 0.454 e. The van der Waals surface area contributed by atoms with Crippen molar-refractivity contribution in [1.82, 2.24) is 10.6 Å². The minimum absolute atomic E-state index is 0.276. The maximum Gasteiger partial charge on any atom is 0.325 e. The van der Waals surface area contributed by atoms with E-state index in [2.05, 4.69) is 31.9 Å². The van der Waals surface area contributed by atoms with Crippen LogP contribution in [0.1, 0.15) is 15.9 Å². The lowest BCUT2D eigenvalue weighted by Gasteiger charge is -2.09. The maximum atomic E-state index is 11.9. The molecule has 0 radical (unpaired) electrons. The van der Waals surface area contributed by atoms with E-state index in [0.717, 1.165) is 5.56 Å². The van der Waals surface area contributed by atoms with Crippen molar-refractivity contribution in [2.45, 2.75) is 6.92 Å². The summed E-state index contributed by atoms with van der Waals surface area (Å²) in [6.07, 6.45) is 0.